The lowest BCUT2D eigenvalue weighted by Crippen LogP contribution is -2.37. The van der Waals surface area contributed by atoms with E-state index in [2.05, 4.69) is 4.98 Å². The Morgan fingerprint density at radius 2 is 2.00 bits per heavy atom. The Kier molecular flexibility index (Phi) is 4.20. The van der Waals surface area contributed by atoms with Crippen molar-refractivity contribution in [3.8, 4) is 16.9 Å². The third kappa shape index (κ3) is 3.21. The Labute approximate surface area is 137 Å². The zero-order valence-electron chi connectivity index (χ0n) is 12.3. The molecule has 0 bridgehead atoms. The first-order chi connectivity index (χ1) is 11.3. The second kappa shape index (κ2) is 6.04. The van der Waals surface area contributed by atoms with E-state index in [1.807, 2.05) is 0 Å². The Morgan fingerprint density at radius 1 is 1.29 bits per heavy atom. The molecule has 0 spiro atoms. The molecule has 2 aromatic rings. The van der Waals surface area contributed by atoms with E-state index < -0.39 is 33.8 Å². The van der Waals surface area contributed by atoms with Crippen molar-refractivity contribution < 1.29 is 22.5 Å². The lowest BCUT2D eigenvalue weighted by atomic mass is 10.0. The summed E-state index contributed by atoms with van der Waals surface area (Å²) in [6.45, 7) is 0.340. The predicted octanol–water partition coefficient (Wildman–Crippen LogP) is 2.01. The number of nitrogens with zero attached hydrogens (tertiary/aromatic N) is 2. The van der Waals surface area contributed by atoms with Gasteiger partial charge in [-0.25, -0.2) is 4.98 Å². The van der Waals surface area contributed by atoms with Gasteiger partial charge in [0.25, 0.3) is 5.56 Å². The highest BCUT2D eigenvalue weighted by atomic mass is 32.2. The van der Waals surface area contributed by atoms with E-state index in [4.69, 9.17) is 0 Å². The molecule has 0 amide bonds. The maximum absolute atomic E-state index is 12.7. The zero-order chi connectivity index (χ0) is 17.5. The number of alkyl halides is 3. The molecule has 2 heterocycles. The minimum atomic E-state index is -4.58. The van der Waals surface area contributed by atoms with E-state index in [0.717, 1.165) is 12.1 Å². The van der Waals surface area contributed by atoms with E-state index in [9.17, 15) is 27.3 Å². The fourth-order valence-electron chi connectivity index (χ4n) is 2.56. The van der Waals surface area contributed by atoms with Crippen LogP contribution in [-0.4, -0.2) is 30.4 Å². The molecule has 3 rings (SSSR count). The molecule has 0 saturated carbocycles. The first-order valence-electron chi connectivity index (χ1n) is 7.05. The normalized spacial score (nSPS) is 20.6. The minimum absolute atomic E-state index is 0.00737. The molecule has 1 aliphatic rings. The summed E-state index contributed by atoms with van der Waals surface area (Å²) in [5.41, 5.74) is -1.45. The number of halogens is 3. The van der Waals surface area contributed by atoms with Gasteiger partial charge in [0.05, 0.1) is 17.5 Å². The number of aromatic hydroxyl groups is 1. The molecule has 0 unspecified atom stereocenters. The van der Waals surface area contributed by atoms with Crippen LogP contribution in [0.2, 0.25) is 0 Å². The maximum atomic E-state index is 12.7. The number of benzene rings is 1. The van der Waals surface area contributed by atoms with Crippen molar-refractivity contribution in [2.75, 3.05) is 11.5 Å². The summed E-state index contributed by atoms with van der Waals surface area (Å²) in [4.78, 5) is 16.4. The lowest BCUT2D eigenvalue weighted by molar-refractivity contribution is -0.137. The minimum Gasteiger partial charge on any atom is -0.507 e. The van der Waals surface area contributed by atoms with Gasteiger partial charge in [-0.2, -0.15) is 13.2 Å². The molecule has 5 nitrogen and oxygen atoms in total. The molecule has 128 valence electrons. The molecule has 1 fully saturated rings. The summed E-state index contributed by atoms with van der Waals surface area (Å²) >= 11 is 0. The van der Waals surface area contributed by atoms with Gasteiger partial charge in [0.15, 0.2) is 0 Å². The van der Waals surface area contributed by atoms with Gasteiger partial charge < -0.3 is 5.11 Å². The van der Waals surface area contributed by atoms with Crippen LogP contribution in [0.5, 0.6) is 5.75 Å². The van der Waals surface area contributed by atoms with Crippen LogP contribution in [0.3, 0.4) is 0 Å². The number of phenols is 1. The van der Waals surface area contributed by atoms with Crippen molar-refractivity contribution in [1.29, 1.82) is 0 Å². The molecule has 1 aromatic carbocycles. The van der Waals surface area contributed by atoms with Gasteiger partial charge in [-0.05, 0) is 24.1 Å². The fraction of sp³-hybridized carbons (Fsp3) is 0.333. The Morgan fingerprint density at radius 3 is 2.58 bits per heavy atom. The van der Waals surface area contributed by atoms with E-state index in [-0.39, 0.29) is 17.0 Å². The smallest absolute Gasteiger partial charge is 0.416 e. The SMILES string of the molecule is O=c1c(-c2ccc(C(F)(F)F)cc2O)cncn1CC1CS(=O)C1. The van der Waals surface area contributed by atoms with Crippen molar-refractivity contribution in [2.24, 2.45) is 5.92 Å². The second-order valence-electron chi connectivity index (χ2n) is 5.63. The van der Waals surface area contributed by atoms with Gasteiger partial charge in [0.1, 0.15) is 5.75 Å². The highest BCUT2D eigenvalue weighted by Crippen LogP contribution is 2.35. The number of rotatable bonds is 3. The molecule has 1 aromatic heterocycles. The van der Waals surface area contributed by atoms with Gasteiger partial charge in [0, 0.05) is 40.6 Å². The Bertz CT molecular complexity index is 856. The number of phenolic OH excluding ortho intramolecular Hbond substituents is 1. The topological polar surface area (TPSA) is 72.2 Å². The average Bonchev–Trinajstić information content (AvgIpc) is 2.47. The number of hydrogen-bond donors (Lipinski definition) is 1. The maximum Gasteiger partial charge on any atom is 0.416 e. The highest BCUT2D eigenvalue weighted by molar-refractivity contribution is 7.86. The lowest BCUT2D eigenvalue weighted by Gasteiger charge is -2.25. The number of hydrogen-bond acceptors (Lipinski definition) is 4. The standard InChI is InChI=1S/C15H13F3N2O3S/c16-15(17,18)10-1-2-11(13(21)3-10)12-4-19-8-20(14(12)22)5-9-6-24(23)7-9/h1-4,8-9,21H,5-7H2. The monoisotopic (exact) mass is 358 g/mol. The van der Waals surface area contributed by atoms with Crippen LogP contribution < -0.4 is 5.56 Å². The van der Waals surface area contributed by atoms with Crippen molar-refractivity contribution in [2.45, 2.75) is 12.7 Å². The molecular weight excluding hydrogens is 345 g/mol. The predicted molar refractivity (Wildman–Crippen MR) is 82.0 cm³/mol. The van der Waals surface area contributed by atoms with Crippen LogP contribution >= 0.6 is 0 Å². The Hall–Kier alpha value is -2.16. The van der Waals surface area contributed by atoms with Crippen molar-refractivity contribution in [1.82, 2.24) is 9.55 Å². The summed E-state index contributed by atoms with van der Waals surface area (Å²) in [6.07, 6.45) is -2.04. The van der Waals surface area contributed by atoms with E-state index in [0.29, 0.717) is 24.1 Å². The third-order valence-electron chi connectivity index (χ3n) is 3.81. The second-order valence-corrected chi connectivity index (χ2v) is 7.18. The van der Waals surface area contributed by atoms with Gasteiger partial charge in [-0.1, -0.05) is 0 Å². The molecule has 0 aliphatic carbocycles. The highest BCUT2D eigenvalue weighted by Gasteiger charge is 2.31. The third-order valence-corrected chi connectivity index (χ3v) is 5.50. The molecular formula is C15H13F3N2O3S. The first-order valence-corrected chi connectivity index (χ1v) is 8.54. The molecule has 0 atom stereocenters. The Balaban J connectivity index is 1.95. The first kappa shape index (κ1) is 16.7. The van der Waals surface area contributed by atoms with Crippen LogP contribution in [0.4, 0.5) is 13.2 Å². The van der Waals surface area contributed by atoms with Crippen LogP contribution in [0.15, 0.2) is 35.5 Å². The van der Waals surface area contributed by atoms with Gasteiger partial charge in [0.2, 0.25) is 0 Å². The molecule has 0 radical (unpaired) electrons. The summed E-state index contributed by atoms with van der Waals surface area (Å²) in [7, 11) is -0.841. The molecule has 1 aliphatic heterocycles. The molecule has 24 heavy (non-hydrogen) atoms. The number of aromatic nitrogens is 2. The van der Waals surface area contributed by atoms with Crippen molar-refractivity contribution in [3.05, 3.63) is 46.6 Å². The molecule has 1 saturated heterocycles. The zero-order valence-corrected chi connectivity index (χ0v) is 13.1. The van der Waals surface area contributed by atoms with Crippen molar-refractivity contribution >= 4 is 10.8 Å². The van der Waals surface area contributed by atoms with E-state index >= 15 is 0 Å². The molecule has 9 heteroatoms. The van der Waals surface area contributed by atoms with Gasteiger partial charge in [-0.3, -0.25) is 13.6 Å². The summed E-state index contributed by atoms with van der Waals surface area (Å²) in [5.74, 6) is 0.512. The van der Waals surface area contributed by atoms with Crippen LogP contribution in [0.25, 0.3) is 11.1 Å². The van der Waals surface area contributed by atoms with Gasteiger partial charge >= 0.3 is 6.18 Å². The van der Waals surface area contributed by atoms with Crippen LogP contribution in [-0.2, 0) is 23.5 Å². The van der Waals surface area contributed by atoms with E-state index in [1.54, 1.807) is 0 Å². The van der Waals surface area contributed by atoms with E-state index in [1.165, 1.54) is 17.1 Å². The fourth-order valence-corrected chi connectivity index (χ4v) is 3.73. The van der Waals surface area contributed by atoms with Crippen LogP contribution in [0, 0.1) is 5.92 Å². The quantitative estimate of drug-likeness (QED) is 0.911. The van der Waals surface area contributed by atoms with Gasteiger partial charge in [-0.15, -0.1) is 0 Å². The largest absolute Gasteiger partial charge is 0.507 e. The van der Waals surface area contributed by atoms with Crippen LogP contribution in [0.1, 0.15) is 5.56 Å². The molecule has 1 N–H and O–H groups in total. The summed E-state index contributed by atoms with van der Waals surface area (Å²) in [6, 6.07) is 2.45. The van der Waals surface area contributed by atoms with Crippen molar-refractivity contribution in [3.63, 3.8) is 0 Å². The summed E-state index contributed by atoms with van der Waals surface area (Å²) in [5, 5.41) is 9.88. The summed E-state index contributed by atoms with van der Waals surface area (Å²) < 4.78 is 50.4. The average molecular weight is 358 g/mol.